The summed E-state index contributed by atoms with van der Waals surface area (Å²) in [6, 6.07) is 3.56. The zero-order valence-electron chi connectivity index (χ0n) is 8.60. The quantitative estimate of drug-likeness (QED) is 0.866. The van der Waals surface area contributed by atoms with Crippen LogP contribution < -0.4 is 10.5 Å². The van der Waals surface area contributed by atoms with Gasteiger partial charge in [-0.2, -0.15) is 13.2 Å². The van der Waals surface area contributed by atoms with Gasteiger partial charge in [0.25, 0.3) is 0 Å². The second kappa shape index (κ2) is 5.68. The summed E-state index contributed by atoms with van der Waals surface area (Å²) < 4.78 is 55.8. The van der Waals surface area contributed by atoms with E-state index in [1.54, 1.807) is 0 Å². The highest BCUT2D eigenvalue weighted by molar-refractivity contribution is 9.10. The molecule has 2 N–H and O–H groups in total. The van der Waals surface area contributed by atoms with Crippen LogP contribution in [0.15, 0.2) is 22.7 Å². The smallest absolute Gasteiger partial charge is 0.425 e. The van der Waals surface area contributed by atoms with Gasteiger partial charge in [-0.05, 0) is 24.7 Å². The zero-order chi connectivity index (χ0) is 13.1. The van der Waals surface area contributed by atoms with Gasteiger partial charge in [-0.15, -0.1) is 0 Å². The third-order valence-electron chi connectivity index (χ3n) is 1.96. The van der Waals surface area contributed by atoms with Crippen LogP contribution in [0.3, 0.4) is 0 Å². The molecular formula is C10H10BrF4NO. The monoisotopic (exact) mass is 315 g/mol. The number of hydrogen-bond acceptors (Lipinski definition) is 2. The molecule has 1 unspecified atom stereocenters. The van der Waals surface area contributed by atoms with E-state index in [1.165, 1.54) is 6.07 Å². The Balaban J connectivity index is 2.86. The minimum atomic E-state index is -4.57. The number of nitrogens with two attached hydrogens (primary N) is 1. The Morgan fingerprint density at radius 3 is 2.47 bits per heavy atom. The number of benzene rings is 1. The van der Waals surface area contributed by atoms with E-state index in [0.717, 1.165) is 12.1 Å². The molecule has 0 saturated carbocycles. The summed E-state index contributed by atoms with van der Waals surface area (Å²) in [5, 5.41) is 0. The lowest BCUT2D eigenvalue weighted by atomic mass is 10.2. The first-order chi connectivity index (χ1) is 7.84. The Labute approximate surface area is 104 Å². The molecule has 0 spiro atoms. The van der Waals surface area contributed by atoms with Gasteiger partial charge in [0.15, 0.2) is 17.7 Å². The molecule has 1 atom stereocenters. The number of hydrogen-bond donors (Lipinski definition) is 1. The fourth-order valence-electron chi connectivity index (χ4n) is 1.16. The molecule has 0 aliphatic carbocycles. The molecule has 2 nitrogen and oxygen atoms in total. The van der Waals surface area contributed by atoms with Crippen LogP contribution in [0.25, 0.3) is 0 Å². The van der Waals surface area contributed by atoms with E-state index < -0.39 is 30.3 Å². The van der Waals surface area contributed by atoms with Gasteiger partial charge in [0.1, 0.15) is 0 Å². The summed E-state index contributed by atoms with van der Waals surface area (Å²) in [5.74, 6) is -1.30. The standard InChI is InChI=1S/C10H10BrF4NO/c11-6-1-2-8(7(12)5-6)17-9(3-4-16)10(13,14)15/h1-2,5,9H,3-4,16H2. The average Bonchev–Trinajstić information content (AvgIpc) is 2.19. The molecule has 0 bridgehead atoms. The van der Waals surface area contributed by atoms with Crippen LogP contribution in [-0.2, 0) is 0 Å². The fourth-order valence-corrected chi connectivity index (χ4v) is 1.50. The highest BCUT2D eigenvalue weighted by Crippen LogP contribution is 2.29. The molecule has 0 aromatic heterocycles. The SMILES string of the molecule is NCCC(Oc1ccc(Br)cc1F)C(F)(F)F. The lowest BCUT2D eigenvalue weighted by Gasteiger charge is -2.21. The van der Waals surface area contributed by atoms with Gasteiger partial charge >= 0.3 is 6.18 Å². The molecule has 0 saturated heterocycles. The van der Waals surface area contributed by atoms with E-state index in [1.807, 2.05) is 0 Å². The molecule has 0 fully saturated rings. The average molecular weight is 316 g/mol. The van der Waals surface area contributed by atoms with Crippen molar-refractivity contribution in [2.45, 2.75) is 18.7 Å². The Kier molecular flexibility index (Phi) is 4.76. The summed E-state index contributed by atoms with van der Waals surface area (Å²) in [5.41, 5.74) is 5.06. The predicted octanol–water partition coefficient (Wildman–Crippen LogP) is 3.25. The molecule has 7 heteroatoms. The molecule has 0 radical (unpaired) electrons. The van der Waals surface area contributed by atoms with Crippen molar-refractivity contribution in [2.75, 3.05) is 6.54 Å². The molecule has 96 valence electrons. The lowest BCUT2D eigenvalue weighted by Crippen LogP contribution is -2.36. The molecule has 0 aliphatic heterocycles. The van der Waals surface area contributed by atoms with Gasteiger partial charge in [-0.3, -0.25) is 0 Å². The molecule has 0 heterocycles. The van der Waals surface area contributed by atoms with Gasteiger partial charge in [0.2, 0.25) is 0 Å². The van der Waals surface area contributed by atoms with Crippen LogP contribution in [0, 0.1) is 5.82 Å². The Morgan fingerprint density at radius 1 is 1.35 bits per heavy atom. The second-order valence-electron chi connectivity index (χ2n) is 3.30. The summed E-state index contributed by atoms with van der Waals surface area (Å²) in [6.45, 7) is -0.192. The Hall–Kier alpha value is -0.820. The number of ether oxygens (including phenoxy) is 1. The number of alkyl halides is 3. The van der Waals surface area contributed by atoms with E-state index in [2.05, 4.69) is 20.7 Å². The van der Waals surface area contributed by atoms with Crippen molar-refractivity contribution in [1.82, 2.24) is 0 Å². The third-order valence-corrected chi connectivity index (χ3v) is 2.45. The summed E-state index contributed by atoms with van der Waals surface area (Å²) >= 11 is 2.99. The van der Waals surface area contributed by atoms with Crippen molar-refractivity contribution < 1.29 is 22.3 Å². The van der Waals surface area contributed by atoms with Gasteiger partial charge in [-0.25, -0.2) is 4.39 Å². The van der Waals surface area contributed by atoms with Crippen molar-refractivity contribution in [2.24, 2.45) is 5.73 Å². The molecular weight excluding hydrogens is 306 g/mol. The van der Waals surface area contributed by atoms with Crippen molar-refractivity contribution in [3.8, 4) is 5.75 Å². The maximum Gasteiger partial charge on any atom is 0.425 e. The van der Waals surface area contributed by atoms with Crippen molar-refractivity contribution >= 4 is 15.9 Å². The molecule has 0 aliphatic rings. The largest absolute Gasteiger partial charge is 0.478 e. The fraction of sp³-hybridized carbons (Fsp3) is 0.400. The van der Waals surface area contributed by atoms with Gasteiger partial charge in [-0.1, -0.05) is 15.9 Å². The molecule has 1 rings (SSSR count). The summed E-state index contributed by atoms with van der Waals surface area (Å²) in [6.07, 6.45) is -7.08. The van der Waals surface area contributed by atoms with Crippen LogP contribution in [0.2, 0.25) is 0 Å². The highest BCUT2D eigenvalue weighted by atomic mass is 79.9. The second-order valence-corrected chi connectivity index (χ2v) is 4.22. The minimum absolute atomic E-state index is 0.192. The van der Waals surface area contributed by atoms with Gasteiger partial charge < -0.3 is 10.5 Å². The highest BCUT2D eigenvalue weighted by Gasteiger charge is 2.41. The molecule has 1 aromatic carbocycles. The van der Waals surface area contributed by atoms with Gasteiger partial charge in [0.05, 0.1) is 0 Å². The Morgan fingerprint density at radius 2 is 2.00 bits per heavy atom. The third kappa shape index (κ3) is 4.16. The van der Waals surface area contributed by atoms with Crippen LogP contribution in [-0.4, -0.2) is 18.8 Å². The van der Waals surface area contributed by atoms with E-state index in [4.69, 9.17) is 5.73 Å². The van der Waals surface area contributed by atoms with Crippen LogP contribution in [0.4, 0.5) is 17.6 Å². The summed E-state index contributed by atoms with van der Waals surface area (Å²) in [4.78, 5) is 0. The predicted molar refractivity (Wildman–Crippen MR) is 58.2 cm³/mol. The first-order valence-corrected chi connectivity index (χ1v) is 5.52. The normalized spacial score (nSPS) is 13.5. The Bertz CT molecular complexity index is 383. The van der Waals surface area contributed by atoms with Crippen LogP contribution in [0.5, 0.6) is 5.75 Å². The zero-order valence-corrected chi connectivity index (χ0v) is 10.2. The maximum atomic E-state index is 13.3. The van der Waals surface area contributed by atoms with E-state index in [9.17, 15) is 17.6 Å². The van der Waals surface area contributed by atoms with Crippen molar-refractivity contribution in [1.29, 1.82) is 0 Å². The van der Waals surface area contributed by atoms with Gasteiger partial charge in [0, 0.05) is 10.9 Å². The molecule has 1 aromatic rings. The van der Waals surface area contributed by atoms with E-state index in [-0.39, 0.29) is 6.54 Å². The van der Waals surface area contributed by atoms with Crippen LogP contribution >= 0.6 is 15.9 Å². The van der Waals surface area contributed by atoms with Crippen molar-refractivity contribution in [3.63, 3.8) is 0 Å². The maximum absolute atomic E-state index is 13.3. The topological polar surface area (TPSA) is 35.2 Å². The minimum Gasteiger partial charge on any atom is -0.478 e. The first kappa shape index (κ1) is 14.2. The van der Waals surface area contributed by atoms with E-state index in [0.29, 0.717) is 4.47 Å². The number of halogens is 5. The first-order valence-electron chi connectivity index (χ1n) is 4.73. The van der Waals surface area contributed by atoms with E-state index >= 15 is 0 Å². The number of rotatable bonds is 4. The summed E-state index contributed by atoms with van der Waals surface area (Å²) in [7, 11) is 0. The lowest BCUT2D eigenvalue weighted by molar-refractivity contribution is -0.196. The van der Waals surface area contributed by atoms with Crippen molar-refractivity contribution in [3.05, 3.63) is 28.5 Å². The molecule has 0 amide bonds. The molecule has 17 heavy (non-hydrogen) atoms. The van der Waals surface area contributed by atoms with Crippen LogP contribution in [0.1, 0.15) is 6.42 Å².